The zero-order valence-electron chi connectivity index (χ0n) is 13.0. The van der Waals surface area contributed by atoms with E-state index in [4.69, 9.17) is 5.73 Å². The van der Waals surface area contributed by atoms with E-state index in [2.05, 4.69) is 32.3 Å². The normalized spacial score (nSPS) is 11.2. The molecule has 0 spiro atoms. The van der Waals surface area contributed by atoms with Crippen LogP contribution in [0.25, 0.3) is 0 Å². The Morgan fingerprint density at radius 3 is 2.42 bits per heavy atom. The average Bonchev–Trinajstić information content (AvgIpc) is 2.51. The molecule has 2 aromatic rings. The molecular weight excluding hydrogens is 323 g/mol. The predicted molar refractivity (Wildman–Crippen MR) is 86.2 cm³/mol. The first-order chi connectivity index (χ1) is 11.4. The highest BCUT2D eigenvalue weighted by atomic mass is 19.4. The van der Waals surface area contributed by atoms with E-state index in [1.165, 1.54) is 30.6 Å². The number of nitrogens with two attached hydrogens (primary N) is 1. The van der Waals surface area contributed by atoms with Gasteiger partial charge in [0.25, 0.3) is 0 Å². The summed E-state index contributed by atoms with van der Waals surface area (Å²) in [5.41, 5.74) is 6.86. The van der Waals surface area contributed by atoms with E-state index < -0.39 is 6.36 Å². The molecule has 0 radical (unpaired) electrons. The number of nitrogen functional groups attached to an aromatic ring is 1. The lowest BCUT2D eigenvalue weighted by Crippen LogP contribution is -2.17. The number of benzene rings is 1. The van der Waals surface area contributed by atoms with Crippen LogP contribution in [0.2, 0.25) is 0 Å². The van der Waals surface area contributed by atoms with Gasteiger partial charge in [-0.2, -0.15) is 0 Å². The lowest BCUT2D eigenvalue weighted by atomic mass is 10.3. The molecule has 0 saturated heterocycles. The number of alkyl halides is 3. The summed E-state index contributed by atoms with van der Waals surface area (Å²) in [5.74, 6) is 0.581. The van der Waals surface area contributed by atoms with E-state index in [1.807, 2.05) is 0 Å². The first kappa shape index (κ1) is 17.6. The lowest BCUT2D eigenvalue weighted by molar-refractivity contribution is -0.274. The van der Waals surface area contributed by atoms with Gasteiger partial charge in [-0.15, -0.1) is 13.2 Å². The fraction of sp³-hybridized carbons (Fsp3) is 0.333. The summed E-state index contributed by atoms with van der Waals surface area (Å²) in [6.45, 7) is 2.81. The maximum atomic E-state index is 12.1. The number of anilines is 4. The Hall–Kier alpha value is -2.71. The van der Waals surface area contributed by atoms with Crippen molar-refractivity contribution in [2.45, 2.75) is 26.1 Å². The van der Waals surface area contributed by atoms with Gasteiger partial charge in [0.05, 0.1) is 0 Å². The van der Waals surface area contributed by atoms with E-state index in [-0.39, 0.29) is 5.75 Å². The maximum Gasteiger partial charge on any atom is 0.573 e. The van der Waals surface area contributed by atoms with Gasteiger partial charge < -0.3 is 21.1 Å². The number of unbranched alkanes of at least 4 members (excludes halogenated alkanes) is 1. The van der Waals surface area contributed by atoms with Crippen LogP contribution in [0.3, 0.4) is 0 Å². The molecule has 24 heavy (non-hydrogen) atoms. The summed E-state index contributed by atoms with van der Waals surface area (Å²) in [6.07, 6.45) is -1.35. The number of halogens is 3. The van der Waals surface area contributed by atoms with Gasteiger partial charge in [0.2, 0.25) is 0 Å². The number of hydrogen-bond donors (Lipinski definition) is 3. The molecule has 1 aromatic carbocycles. The molecule has 1 aromatic heterocycles. The fourth-order valence-electron chi connectivity index (χ4n) is 1.90. The SMILES string of the molecule is CCCCNc1ncnc(Nc2ccc(OC(F)(F)F)cc2)c1N. The van der Waals surface area contributed by atoms with Crippen molar-refractivity contribution in [1.82, 2.24) is 9.97 Å². The molecule has 0 aliphatic carbocycles. The summed E-state index contributed by atoms with van der Waals surface area (Å²) < 4.78 is 40.2. The largest absolute Gasteiger partial charge is 0.573 e. The summed E-state index contributed by atoms with van der Waals surface area (Å²) in [7, 11) is 0. The van der Waals surface area contributed by atoms with E-state index in [0.29, 0.717) is 23.0 Å². The molecule has 0 aliphatic heterocycles. The Morgan fingerprint density at radius 2 is 1.79 bits per heavy atom. The highest BCUT2D eigenvalue weighted by molar-refractivity contribution is 5.77. The Balaban J connectivity index is 2.06. The number of nitrogens with zero attached hydrogens (tertiary/aromatic N) is 2. The second-order valence-corrected chi connectivity index (χ2v) is 4.96. The molecule has 2 rings (SSSR count). The van der Waals surface area contributed by atoms with Crippen molar-refractivity contribution in [3.05, 3.63) is 30.6 Å². The van der Waals surface area contributed by atoms with Crippen molar-refractivity contribution in [2.75, 3.05) is 22.9 Å². The number of aromatic nitrogens is 2. The first-order valence-electron chi connectivity index (χ1n) is 7.36. The monoisotopic (exact) mass is 341 g/mol. The summed E-state index contributed by atoms with van der Waals surface area (Å²) >= 11 is 0. The van der Waals surface area contributed by atoms with E-state index in [0.717, 1.165) is 19.4 Å². The molecule has 130 valence electrons. The number of nitrogens with one attached hydrogen (secondary N) is 2. The minimum atomic E-state index is -4.72. The second kappa shape index (κ2) is 7.71. The van der Waals surface area contributed by atoms with Crippen LogP contribution >= 0.6 is 0 Å². The van der Waals surface area contributed by atoms with Crippen LogP contribution in [0.15, 0.2) is 30.6 Å². The van der Waals surface area contributed by atoms with Crippen molar-refractivity contribution < 1.29 is 17.9 Å². The molecule has 0 atom stereocenters. The number of ether oxygens (including phenoxy) is 1. The minimum Gasteiger partial charge on any atom is -0.406 e. The van der Waals surface area contributed by atoms with Crippen LogP contribution < -0.4 is 21.1 Å². The third-order valence-electron chi connectivity index (χ3n) is 3.06. The zero-order chi connectivity index (χ0) is 17.6. The maximum absolute atomic E-state index is 12.1. The highest BCUT2D eigenvalue weighted by Gasteiger charge is 2.30. The summed E-state index contributed by atoms with van der Waals surface area (Å²) in [5, 5.41) is 6.05. The Kier molecular flexibility index (Phi) is 5.67. The lowest BCUT2D eigenvalue weighted by Gasteiger charge is -2.13. The van der Waals surface area contributed by atoms with Crippen LogP contribution in [0, 0.1) is 0 Å². The third-order valence-corrected chi connectivity index (χ3v) is 3.06. The Bertz CT molecular complexity index is 661. The quantitative estimate of drug-likeness (QED) is 0.662. The van der Waals surface area contributed by atoms with Gasteiger partial charge in [0, 0.05) is 12.2 Å². The van der Waals surface area contributed by atoms with Crippen molar-refractivity contribution in [2.24, 2.45) is 0 Å². The molecule has 0 amide bonds. The van der Waals surface area contributed by atoms with Crippen LogP contribution in [-0.4, -0.2) is 22.9 Å². The van der Waals surface area contributed by atoms with Crippen molar-refractivity contribution in [1.29, 1.82) is 0 Å². The summed E-state index contributed by atoms with van der Waals surface area (Å²) in [4.78, 5) is 8.12. The highest BCUT2D eigenvalue weighted by Crippen LogP contribution is 2.28. The van der Waals surface area contributed by atoms with Crippen LogP contribution in [0.4, 0.5) is 36.2 Å². The zero-order valence-corrected chi connectivity index (χ0v) is 13.0. The Labute approximate surface area is 137 Å². The van der Waals surface area contributed by atoms with E-state index in [1.54, 1.807) is 0 Å². The average molecular weight is 341 g/mol. The van der Waals surface area contributed by atoms with Gasteiger partial charge in [0.1, 0.15) is 17.8 Å². The molecule has 0 bridgehead atoms. The topological polar surface area (TPSA) is 85.1 Å². The van der Waals surface area contributed by atoms with Gasteiger partial charge in [-0.1, -0.05) is 13.3 Å². The second-order valence-electron chi connectivity index (χ2n) is 4.96. The molecule has 0 unspecified atom stereocenters. The van der Waals surface area contributed by atoms with Gasteiger partial charge in [-0.25, -0.2) is 9.97 Å². The number of rotatable bonds is 7. The first-order valence-corrected chi connectivity index (χ1v) is 7.36. The van der Waals surface area contributed by atoms with Crippen molar-refractivity contribution in [3.8, 4) is 5.75 Å². The smallest absolute Gasteiger partial charge is 0.406 e. The van der Waals surface area contributed by atoms with Crippen molar-refractivity contribution >= 4 is 23.0 Å². The molecule has 0 aliphatic rings. The third kappa shape index (κ3) is 5.18. The van der Waals surface area contributed by atoms with E-state index in [9.17, 15) is 13.2 Å². The van der Waals surface area contributed by atoms with Gasteiger partial charge in [-0.05, 0) is 30.7 Å². The van der Waals surface area contributed by atoms with Gasteiger partial charge in [-0.3, -0.25) is 0 Å². The molecule has 6 nitrogen and oxygen atoms in total. The summed E-state index contributed by atoms with van der Waals surface area (Å²) in [6, 6.07) is 5.28. The van der Waals surface area contributed by atoms with Crippen LogP contribution in [-0.2, 0) is 0 Å². The van der Waals surface area contributed by atoms with Crippen molar-refractivity contribution in [3.63, 3.8) is 0 Å². The van der Waals surface area contributed by atoms with Gasteiger partial charge in [0.15, 0.2) is 11.6 Å². The molecule has 0 fully saturated rings. The standard InChI is InChI=1S/C15H18F3N5O/c1-2-3-8-20-13-12(19)14(22-9-21-13)23-10-4-6-11(7-5-10)24-15(16,17)18/h4-7,9H,2-3,8,19H2,1H3,(H2,20,21,22,23). The molecule has 0 saturated carbocycles. The minimum absolute atomic E-state index is 0.300. The van der Waals surface area contributed by atoms with E-state index >= 15 is 0 Å². The van der Waals surface area contributed by atoms with Crippen LogP contribution in [0.5, 0.6) is 5.75 Å². The van der Waals surface area contributed by atoms with Crippen LogP contribution in [0.1, 0.15) is 19.8 Å². The molecule has 1 heterocycles. The molecule has 9 heteroatoms. The molecular formula is C15H18F3N5O. The number of hydrogen-bond acceptors (Lipinski definition) is 6. The van der Waals surface area contributed by atoms with Gasteiger partial charge >= 0.3 is 6.36 Å². The molecule has 4 N–H and O–H groups in total. The fourth-order valence-corrected chi connectivity index (χ4v) is 1.90. The Morgan fingerprint density at radius 1 is 1.12 bits per heavy atom. The predicted octanol–water partition coefficient (Wildman–Crippen LogP) is 3.91.